The Hall–Kier alpha value is -1.02. The first-order valence-corrected chi connectivity index (χ1v) is 4.30. The highest BCUT2D eigenvalue weighted by atomic mass is 16.3. The molecule has 1 heterocycles. The summed E-state index contributed by atoms with van der Waals surface area (Å²) in [6.45, 7) is 3.98. The highest BCUT2D eigenvalue weighted by Crippen LogP contribution is 2.29. The third kappa shape index (κ3) is 1.08. The SMILES string of the molecule is CC1CNCc2c(O)cccc21. The van der Waals surface area contributed by atoms with Crippen LogP contribution in [0.4, 0.5) is 0 Å². The predicted octanol–water partition coefficient (Wildman–Crippen LogP) is 1.60. The highest BCUT2D eigenvalue weighted by Gasteiger charge is 2.17. The average molecular weight is 163 g/mol. The minimum atomic E-state index is 0.423. The molecule has 1 atom stereocenters. The Labute approximate surface area is 72.2 Å². The Balaban J connectivity index is 2.52. The van der Waals surface area contributed by atoms with Gasteiger partial charge in [0.1, 0.15) is 5.75 Å². The molecule has 64 valence electrons. The normalized spacial score (nSPS) is 21.9. The molecule has 2 heteroatoms. The molecule has 1 aromatic carbocycles. The van der Waals surface area contributed by atoms with Crippen molar-refractivity contribution in [2.75, 3.05) is 6.54 Å². The predicted molar refractivity (Wildman–Crippen MR) is 48.2 cm³/mol. The van der Waals surface area contributed by atoms with Crippen LogP contribution in [-0.2, 0) is 6.54 Å². The summed E-state index contributed by atoms with van der Waals surface area (Å²) in [6, 6.07) is 5.76. The van der Waals surface area contributed by atoms with Crippen LogP contribution in [0.2, 0.25) is 0 Å². The van der Waals surface area contributed by atoms with E-state index in [1.165, 1.54) is 5.56 Å². The van der Waals surface area contributed by atoms with Gasteiger partial charge in [-0.05, 0) is 17.5 Å². The molecule has 1 aliphatic rings. The molecule has 0 spiro atoms. The van der Waals surface area contributed by atoms with Crippen LogP contribution in [-0.4, -0.2) is 11.7 Å². The summed E-state index contributed by atoms with van der Waals surface area (Å²) in [5.41, 5.74) is 2.35. The van der Waals surface area contributed by atoms with Crippen LogP contribution in [0.3, 0.4) is 0 Å². The van der Waals surface area contributed by atoms with Crippen molar-refractivity contribution in [1.82, 2.24) is 5.32 Å². The van der Waals surface area contributed by atoms with Crippen molar-refractivity contribution in [2.45, 2.75) is 19.4 Å². The lowest BCUT2D eigenvalue weighted by molar-refractivity contribution is 0.453. The van der Waals surface area contributed by atoms with E-state index in [2.05, 4.69) is 18.3 Å². The van der Waals surface area contributed by atoms with E-state index >= 15 is 0 Å². The van der Waals surface area contributed by atoms with Crippen molar-refractivity contribution in [2.24, 2.45) is 0 Å². The second kappa shape index (κ2) is 2.79. The van der Waals surface area contributed by atoms with Gasteiger partial charge in [0.15, 0.2) is 0 Å². The molecule has 0 aliphatic carbocycles. The second-order valence-electron chi connectivity index (χ2n) is 3.38. The number of phenolic OH excluding ortho intramolecular Hbond substituents is 1. The van der Waals surface area contributed by atoms with E-state index in [9.17, 15) is 5.11 Å². The van der Waals surface area contributed by atoms with Crippen LogP contribution >= 0.6 is 0 Å². The lowest BCUT2D eigenvalue weighted by atomic mass is 9.92. The van der Waals surface area contributed by atoms with Gasteiger partial charge >= 0.3 is 0 Å². The van der Waals surface area contributed by atoms with Gasteiger partial charge in [-0.1, -0.05) is 19.1 Å². The van der Waals surface area contributed by atoms with E-state index in [4.69, 9.17) is 0 Å². The number of hydrogen-bond donors (Lipinski definition) is 2. The first kappa shape index (κ1) is 7.62. The maximum atomic E-state index is 9.53. The number of rotatable bonds is 0. The topological polar surface area (TPSA) is 32.3 Å². The van der Waals surface area contributed by atoms with Gasteiger partial charge in [-0.3, -0.25) is 0 Å². The molecular formula is C10H13NO. The van der Waals surface area contributed by atoms with Crippen LogP contribution in [0.5, 0.6) is 5.75 Å². The van der Waals surface area contributed by atoms with Crippen LogP contribution in [0, 0.1) is 0 Å². The largest absolute Gasteiger partial charge is 0.508 e. The summed E-state index contributed by atoms with van der Waals surface area (Å²) in [5, 5.41) is 12.8. The molecule has 0 saturated heterocycles. The molecule has 0 bridgehead atoms. The molecule has 1 unspecified atom stereocenters. The average Bonchev–Trinajstić information content (AvgIpc) is 2.07. The van der Waals surface area contributed by atoms with Crippen molar-refractivity contribution in [3.8, 4) is 5.75 Å². The van der Waals surface area contributed by atoms with Gasteiger partial charge in [-0.25, -0.2) is 0 Å². The van der Waals surface area contributed by atoms with Gasteiger partial charge in [-0.2, -0.15) is 0 Å². The third-order valence-corrected chi connectivity index (χ3v) is 2.47. The summed E-state index contributed by atoms with van der Waals surface area (Å²) in [5.74, 6) is 0.937. The van der Waals surface area contributed by atoms with Crippen LogP contribution in [0.25, 0.3) is 0 Å². The van der Waals surface area contributed by atoms with Gasteiger partial charge in [0.25, 0.3) is 0 Å². The molecule has 1 aromatic rings. The lowest BCUT2D eigenvalue weighted by Crippen LogP contribution is -2.26. The zero-order chi connectivity index (χ0) is 8.55. The first-order chi connectivity index (χ1) is 5.79. The van der Waals surface area contributed by atoms with Crippen LogP contribution < -0.4 is 5.32 Å². The molecule has 0 radical (unpaired) electrons. The third-order valence-electron chi connectivity index (χ3n) is 2.47. The van der Waals surface area contributed by atoms with Crippen LogP contribution in [0.15, 0.2) is 18.2 Å². The van der Waals surface area contributed by atoms with Gasteiger partial charge in [0.2, 0.25) is 0 Å². The van der Waals surface area contributed by atoms with E-state index < -0.39 is 0 Å². The highest BCUT2D eigenvalue weighted by molar-refractivity contribution is 5.42. The Morgan fingerprint density at radius 2 is 2.33 bits per heavy atom. The molecule has 12 heavy (non-hydrogen) atoms. The molecule has 2 nitrogen and oxygen atoms in total. The lowest BCUT2D eigenvalue weighted by Gasteiger charge is -2.23. The van der Waals surface area contributed by atoms with E-state index in [-0.39, 0.29) is 0 Å². The number of hydrogen-bond acceptors (Lipinski definition) is 2. The summed E-state index contributed by atoms with van der Waals surface area (Å²) < 4.78 is 0. The molecule has 1 aliphatic heterocycles. The summed E-state index contributed by atoms with van der Waals surface area (Å²) in [7, 11) is 0. The van der Waals surface area contributed by atoms with E-state index in [1.54, 1.807) is 6.07 Å². The van der Waals surface area contributed by atoms with Crippen molar-refractivity contribution < 1.29 is 5.11 Å². The maximum absolute atomic E-state index is 9.53. The van der Waals surface area contributed by atoms with Gasteiger partial charge in [0, 0.05) is 18.7 Å². The second-order valence-corrected chi connectivity index (χ2v) is 3.38. The van der Waals surface area contributed by atoms with Gasteiger partial charge in [0.05, 0.1) is 0 Å². The van der Waals surface area contributed by atoms with E-state index in [0.29, 0.717) is 11.7 Å². The summed E-state index contributed by atoms with van der Waals surface area (Å²) in [6.07, 6.45) is 0. The van der Waals surface area contributed by atoms with E-state index in [0.717, 1.165) is 18.7 Å². The fourth-order valence-electron chi connectivity index (χ4n) is 1.77. The Kier molecular flexibility index (Phi) is 1.77. The number of nitrogens with one attached hydrogen (secondary N) is 1. The maximum Gasteiger partial charge on any atom is 0.120 e. The van der Waals surface area contributed by atoms with Crippen molar-refractivity contribution in [3.05, 3.63) is 29.3 Å². The molecule has 0 aromatic heterocycles. The molecular weight excluding hydrogens is 150 g/mol. The number of benzene rings is 1. The molecule has 0 amide bonds. The fraction of sp³-hybridized carbons (Fsp3) is 0.400. The number of phenols is 1. The minimum Gasteiger partial charge on any atom is -0.508 e. The minimum absolute atomic E-state index is 0.423. The summed E-state index contributed by atoms with van der Waals surface area (Å²) in [4.78, 5) is 0. The number of aromatic hydroxyl groups is 1. The zero-order valence-electron chi connectivity index (χ0n) is 7.17. The molecule has 2 rings (SSSR count). The van der Waals surface area contributed by atoms with Gasteiger partial charge < -0.3 is 10.4 Å². The van der Waals surface area contributed by atoms with Crippen molar-refractivity contribution in [3.63, 3.8) is 0 Å². The smallest absolute Gasteiger partial charge is 0.120 e. The molecule has 2 N–H and O–H groups in total. The molecule has 0 fully saturated rings. The standard InChI is InChI=1S/C10H13NO/c1-7-5-11-6-9-8(7)3-2-4-10(9)12/h2-4,7,11-12H,5-6H2,1H3. The Morgan fingerprint density at radius 3 is 3.08 bits per heavy atom. The first-order valence-electron chi connectivity index (χ1n) is 4.30. The van der Waals surface area contributed by atoms with Crippen LogP contribution in [0.1, 0.15) is 24.0 Å². The van der Waals surface area contributed by atoms with Crippen molar-refractivity contribution in [1.29, 1.82) is 0 Å². The Morgan fingerprint density at radius 1 is 1.50 bits per heavy atom. The summed E-state index contributed by atoms with van der Waals surface area (Å²) >= 11 is 0. The quantitative estimate of drug-likeness (QED) is 0.609. The van der Waals surface area contributed by atoms with Crippen molar-refractivity contribution >= 4 is 0 Å². The number of fused-ring (bicyclic) bond motifs is 1. The fourth-order valence-corrected chi connectivity index (χ4v) is 1.77. The molecule has 0 saturated carbocycles. The monoisotopic (exact) mass is 163 g/mol. The van der Waals surface area contributed by atoms with Gasteiger partial charge in [-0.15, -0.1) is 0 Å². The Bertz CT molecular complexity index is 296. The zero-order valence-corrected chi connectivity index (χ0v) is 7.17. The van der Waals surface area contributed by atoms with E-state index in [1.807, 2.05) is 6.07 Å².